The van der Waals surface area contributed by atoms with Crippen molar-refractivity contribution in [1.82, 2.24) is 0 Å². The highest BCUT2D eigenvalue weighted by Crippen LogP contribution is 2.28. The number of rotatable bonds is 2. The van der Waals surface area contributed by atoms with Gasteiger partial charge in [-0.1, -0.05) is 12.1 Å². The Balaban J connectivity index is 2.29. The van der Waals surface area contributed by atoms with Crippen LogP contribution >= 0.6 is 0 Å². The first-order valence-corrected chi connectivity index (χ1v) is 4.91. The Kier molecular flexibility index (Phi) is 2.68. The first-order chi connectivity index (χ1) is 6.81. The molecular formula is C11H14FNO. The normalized spacial score (nSPS) is 17.0. The minimum absolute atomic E-state index is 0.0266. The predicted molar refractivity (Wildman–Crippen MR) is 53.2 cm³/mol. The Morgan fingerprint density at radius 3 is 3.14 bits per heavy atom. The van der Waals surface area contributed by atoms with Gasteiger partial charge in [0.1, 0.15) is 11.9 Å². The summed E-state index contributed by atoms with van der Waals surface area (Å²) in [7, 11) is 0. The molecule has 0 saturated carbocycles. The molecule has 0 bridgehead atoms. The van der Waals surface area contributed by atoms with Gasteiger partial charge < -0.3 is 10.5 Å². The van der Waals surface area contributed by atoms with Gasteiger partial charge in [-0.05, 0) is 30.0 Å². The minimum Gasteiger partial charge on any atom is -0.493 e. The lowest BCUT2D eigenvalue weighted by atomic mass is 10.0. The first kappa shape index (κ1) is 9.46. The summed E-state index contributed by atoms with van der Waals surface area (Å²) in [5.41, 5.74) is 7.05. The van der Waals surface area contributed by atoms with E-state index in [9.17, 15) is 4.39 Å². The van der Waals surface area contributed by atoms with Crippen molar-refractivity contribution in [1.29, 1.82) is 0 Å². The molecule has 0 amide bonds. The Bertz CT molecular complexity index is 327. The molecule has 1 unspecified atom stereocenters. The highest BCUT2D eigenvalue weighted by atomic mass is 19.1. The van der Waals surface area contributed by atoms with Crippen LogP contribution in [-0.4, -0.2) is 13.2 Å². The molecular weight excluding hydrogens is 181 g/mol. The maximum Gasteiger partial charge on any atom is 0.137 e. The van der Waals surface area contributed by atoms with Crippen molar-refractivity contribution in [3.8, 4) is 5.75 Å². The van der Waals surface area contributed by atoms with E-state index < -0.39 is 6.17 Å². The Labute approximate surface area is 82.9 Å². The molecule has 1 heterocycles. The second-order valence-electron chi connectivity index (χ2n) is 3.52. The fourth-order valence-corrected chi connectivity index (χ4v) is 1.69. The summed E-state index contributed by atoms with van der Waals surface area (Å²) in [6.07, 6.45) is 0.989. The quantitative estimate of drug-likeness (QED) is 0.783. The molecule has 0 aliphatic carbocycles. The van der Waals surface area contributed by atoms with Gasteiger partial charge in [0.15, 0.2) is 0 Å². The van der Waals surface area contributed by atoms with Crippen LogP contribution in [0.15, 0.2) is 18.2 Å². The lowest BCUT2D eigenvalue weighted by molar-refractivity contribution is 0.285. The number of benzene rings is 1. The van der Waals surface area contributed by atoms with Crippen LogP contribution in [0.25, 0.3) is 0 Å². The molecule has 1 atom stereocenters. The molecule has 2 N–H and O–H groups in total. The van der Waals surface area contributed by atoms with Crippen LogP contribution < -0.4 is 10.5 Å². The molecule has 1 aromatic carbocycles. The zero-order chi connectivity index (χ0) is 9.97. The SMILES string of the molecule is NCC(F)c1ccc2c(c1)OCCC2. The van der Waals surface area contributed by atoms with Crippen molar-refractivity contribution < 1.29 is 9.13 Å². The summed E-state index contributed by atoms with van der Waals surface area (Å²) in [6, 6.07) is 5.50. The largest absolute Gasteiger partial charge is 0.493 e. The Hall–Kier alpha value is -1.09. The second kappa shape index (κ2) is 3.96. The van der Waals surface area contributed by atoms with Gasteiger partial charge in [0.05, 0.1) is 6.61 Å². The highest BCUT2D eigenvalue weighted by Gasteiger charge is 2.14. The van der Waals surface area contributed by atoms with E-state index in [2.05, 4.69) is 0 Å². The standard InChI is InChI=1S/C11H14FNO/c12-10(7-13)9-4-3-8-2-1-5-14-11(8)6-9/h3-4,6,10H,1-2,5,7,13H2. The molecule has 2 nitrogen and oxygen atoms in total. The summed E-state index contributed by atoms with van der Waals surface area (Å²) < 4.78 is 18.7. The number of nitrogens with two attached hydrogens (primary N) is 1. The smallest absolute Gasteiger partial charge is 0.137 e. The van der Waals surface area contributed by atoms with E-state index in [-0.39, 0.29) is 6.54 Å². The van der Waals surface area contributed by atoms with Crippen LogP contribution in [0.2, 0.25) is 0 Å². The number of alkyl halides is 1. The van der Waals surface area contributed by atoms with E-state index in [0.29, 0.717) is 5.56 Å². The van der Waals surface area contributed by atoms with Crippen LogP contribution in [0, 0.1) is 0 Å². The summed E-state index contributed by atoms with van der Waals surface area (Å²) in [4.78, 5) is 0. The Morgan fingerprint density at radius 2 is 2.36 bits per heavy atom. The maximum absolute atomic E-state index is 13.3. The second-order valence-corrected chi connectivity index (χ2v) is 3.52. The zero-order valence-corrected chi connectivity index (χ0v) is 8.00. The molecule has 1 aliphatic heterocycles. The molecule has 14 heavy (non-hydrogen) atoms. The number of hydrogen-bond acceptors (Lipinski definition) is 2. The monoisotopic (exact) mass is 195 g/mol. The Morgan fingerprint density at radius 1 is 1.50 bits per heavy atom. The van der Waals surface area contributed by atoms with Gasteiger partial charge in [-0.15, -0.1) is 0 Å². The molecule has 0 aromatic heterocycles. The van der Waals surface area contributed by atoms with E-state index in [0.717, 1.165) is 25.2 Å². The molecule has 0 saturated heterocycles. The van der Waals surface area contributed by atoms with E-state index in [1.54, 1.807) is 12.1 Å². The third-order valence-electron chi connectivity index (χ3n) is 2.51. The van der Waals surface area contributed by atoms with E-state index in [1.165, 1.54) is 5.56 Å². The summed E-state index contributed by atoms with van der Waals surface area (Å²) in [6.45, 7) is 0.759. The fraction of sp³-hybridized carbons (Fsp3) is 0.455. The van der Waals surface area contributed by atoms with Gasteiger partial charge in [-0.2, -0.15) is 0 Å². The van der Waals surface area contributed by atoms with Crippen LogP contribution in [0.3, 0.4) is 0 Å². The zero-order valence-electron chi connectivity index (χ0n) is 8.00. The van der Waals surface area contributed by atoms with Crippen LogP contribution in [0.5, 0.6) is 5.75 Å². The number of aryl methyl sites for hydroxylation is 1. The molecule has 2 rings (SSSR count). The number of ether oxygens (including phenoxy) is 1. The van der Waals surface area contributed by atoms with Gasteiger partial charge in [0.2, 0.25) is 0 Å². The first-order valence-electron chi connectivity index (χ1n) is 4.91. The van der Waals surface area contributed by atoms with Gasteiger partial charge in [0, 0.05) is 6.54 Å². The van der Waals surface area contributed by atoms with Crippen molar-refractivity contribution in [3.63, 3.8) is 0 Å². The lowest BCUT2D eigenvalue weighted by Crippen LogP contribution is -2.11. The van der Waals surface area contributed by atoms with Crippen LogP contribution in [0.1, 0.15) is 23.7 Å². The van der Waals surface area contributed by atoms with Gasteiger partial charge in [-0.25, -0.2) is 4.39 Å². The molecule has 0 fully saturated rings. The van der Waals surface area contributed by atoms with Crippen molar-refractivity contribution in [3.05, 3.63) is 29.3 Å². The topological polar surface area (TPSA) is 35.2 Å². The third-order valence-corrected chi connectivity index (χ3v) is 2.51. The molecule has 0 radical (unpaired) electrons. The maximum atomic E-state index is 13.3. The molecule has 76 valence electrons. The van der Waals surface area contributed by atoms with Crippen molar-refractivity contribution >= 4 is 0 Å². The van der Waals surface area contributed by atoms with Crippen molar-refractivity contribution in [2.75, 3.05) is 13.2 Å². The van der Waals surface area contributed by atoms with Gasteiger partial charge in [-0.3, -0.25) is 0 Å². The number of fused-ring (bicyclic) bond motifs is 1. The number of halogens is 1. The molecule has 1 aliphatic rings. The van der Waals surface area contributed by atoms with Crippen LogP contribution in [-0.2, 0) is 6.42 Å². The van der Waals surface area contributed by atoms with E-state index >= 15 is 0 Å². The average molecular weight is 195 g/mol. The fourth-order valence-electron chi connectivity index (χ4n) is 1.69. The van der Waals surface area contributed by atoms with Gasteiger partial charge in [0.25, 0.3) is 0 Å². The average Bonchev–Trinajstić information content (AvgIpc) is 2.27. The predicted octanol–water partition coefficient (Wildman–Crippen LogP) is 1.98. The summed E-state index contributed by atoms with van der Waals surface area (Å²) in [5.74, 6) is 0.824. The minimum atomic E-state index is -1.08. The van der Waals surface area contributed by atoms with Crippen molar-refractivity contribution in [2.24, 2.45) is 5.73 Å². The van der Waals surface area contributed by atoms with Crippen LogP contribution in [0.4, 0.5) is 4.39 Å². The summed E-state index contributed by atoms with van der Waals surface area (Å²) >= 11 is 0. The lowest BCUT2D eigenvalue weighted by Gasteiger charge is -2.18. The third kappa shape index (κ3) is 1.73. The van der Waals surface area contributed by atoms with Crippen molar-refractivity contribution in [2.45, 2.75) is 19.0 Å². The number of hydrogen-bond donors (Lipinski definition) is 1. The van der Waals surface area contributed by atoms with E-state index in [1.807, 2.05) is 6.07 Å². The molecule has 3 heteroatoms. The summed E-state index contributed by atoms with van der Waals surface area (Å²) in [5, 5.41) is 0. The highest BCUT2D eigenvalue weighted by molar-refractivity contribution is 5.39. The molecule has 0 spiro atoms. The van der Waals surface area contributed by atoms with Gasteiger partial charge >= 0.3 is 0 Å². The molecule has 1 aromatic rings. The van der Waals surface area contributed by atoms with E-state index in [4.69, 9.17) is 10.5 Å².